The molecular weight excluding hydrogens is 560 g/mol. The van der Waals surface area contributed by atoms with Gasteiger partial charge in [0.15, 0.2) is 9.61 Å². The Morgan fingerprint density at radius 2 is 1.97 bits per heavy atom. The number of aryl methyl sites for hydroxylation is 1. The number of anilines is 2. The molecule has 3 rings (SSSR count). The van der Waals surface area contributed by atoms with E-state index in [0.29, 0.717) is 33.8 Å². The number of carbonyl (C=O) groups excluding carboxylic acids is 2. The molecule has 0 spiro atoms. The minimum Gasteiger partial charge on any atom is -0.465 e. The van der Waals surface area contributed by atoms with Gasteiger partial charge < -0.3 is 30.0 Å². The van der Waals surface area contributed by atoms with Crippen molar-refractivity contribution >= 4 is 56.0 Å². The second-order valence-electron chi connectivity index (χ2n) is 9.05. The number of thiazole rings is 1. The van der Waals surface area contributed by atoms with Crippen LogP contribution in [0, 0.1) is 6.92 Å². The number of H-pyrrole nitrogens is 1. The van der Waals surface area contributed by atoms with E-state index in [0.717, 1.165) is 11.3 Å². The van der Waals surface area contributed by atoms with Crippen LogP contribution >= 0.6 is 27.3 Å². The molecular formula is C21H29BrN6O7S. The van der Waals surface area contributed by atoms with Gasteiger partial charge in [-0.2, -0.15) is 5.10 Å². The molecule has 1 aliphatic rings. The lowest BCUT2D eigenvalue weighted by Gasteiger charge is -2.26. The molecule has 1 aliphatic heterocycles. The second-order valence-corrected chi connectivity index (χ2v) is 11.3. The Hall–Kier alpha value is -2.75. The lowest BCUT2D eigenvalue weighted by Crippen LogP contribution is -2.46. The fourth-order valence-electron chi connectivity index (χ4n) is 3.66. The molecule has 3 amide bonds. The highest BCUT2D eigenvalue weighted by molar-refractivity contribution is 9.11. The molecule has 0 aromatic carbocycles. The van der Waals surface area contributed by atoms with Crippen molar-refractivity contribution in [3.63, 3.8) is 0 Å². The zero-order chi connectivity index (χ0) is 26.6. The molecule has 2 unspecified atom stereocenters. The van der Waals surface area contributed by atoms with E-state index in [1.165, 1.54) is 0 Å². The Morgan fingerprint density at radius 1 is 1.25 bits per heavy atom. The summed E-state index contributed by atoms with van der Waals surface area (Å²) in [6, 6.07) is -0.353. The first kappa shape index (κ1) is 27.8. The van der Waals surface area contributed by atoms with Crippen LogP contribution in [0.2, 0.25) is 0 Å². The number of ether oxygens (including phenoxy) is 3. The lowest BCUT2D eigenvalue weighted by molar-refractivity contribution is -0.0255. The van der Waals surface area contributed by atoms with E-state index in [1.54, 1.807) is 34.8 Å². The highest BCUT2D eigenvalue weighted by Crippen LogP contribution is 2.34. The average Bonchev–Trinajstić information content (AvgIpc) is 3.22. The van der Waals surface area contributed by atoms with E-state index in [9.17, 15) is 14.4 Å². The van der Waals surface area contributed by atoms with Gasteiger partial charge in [-0.05, 0) is 56.5 Å². The van der Waals surface area contributed by atoms with Gasteiger partial charge in [-0.15, -0.1) is 0 Å². The van der Waals surface area contributed by atoms with Gasteiger partial charge in [-0.25, -0.2) is 14.6 Å². The summed E-state index contributed by atoms with van der Waals surface area (Å²) in [7, 11) is 1.54. The van der Waals surface area contributed by atoms with Gasteiger partial charge in [-0.3, -0.25) is 15.2 Å². The number of hydrogen-bond donors (Lipinski definition) is 5. The number of carbonyl (C=O) groups is 3. The van der Waals surface area contributed by atoms with Crippen molar-refractivity contribution in [2.24, 2.45) is 0 Å². The van der Waals surface area contributed by atoms with Gasteiger partial charge in [0, 0.05) is 7.11 Å². The summed E-state index contributed by atoms with van der Waals surface area (Å²) in [6.45, 7) is 7.25. The van der Waals surface area contributed by atoms with Crippen LogP contribution in [0.25, 0.3) is 0 Å². The lowest BCUT2D eigenvalue weighted by atomic mass is 10.0. The highest BCUT2D eigenvalue weighted by atomic mass is 79.9. The molecule has 198 valence electrons. The van der Waals surface area contributed by atoms with Crippen molar-refractivity contribution in [3.05, 3.63) is 21.0 Å². The molecule has 13 nitrogen and oxygen atoms in total. The molecule has 3 atom stereocenters. The molecule has 0 bridgehead atoms. The third-order valence-electron chi connectivity index (χ3n) is 5.23. The summed E-state index contributed by atoms with van der Waals surface area (Å²) in [4.78, 5) is 40.5. The maximum Gasteiger partial charge on any atom is 0.409 e. The molecule has 36 heavy (non-hydrogen) atoms. The van der Waals surface area contributed by atoms with Gasteiger partial charge in [0.25, 0.3) is 5.91 Å². The normalized spacial score (nSPS) is 20.3. The minimum absolute atomic E-state index is 0.0799. The van der Waals surface area contributed by atoms with Gasteiger partial charge >= 0.3 is 12.2 Å². The standard InChI is InChI=1S/C21H29BrN6O7S/c1-9-13(24-16(29)15-17(26-19(30)31)36-18(22)25-15)14(28-27-9)11-7-6-10(12(33-5)8-34-11)23-20(32)35-21(2,3)4/h10-12,26H,6-8H2,1-5H3,(H,23,32)(H,24,29)(H,27,28)(H,30,31)/t10?,11?,12-/m0/s1. The first-order chi connectivity index (χ1) is 16.9. The fraction of sp³-hybridized carbons (Fsp3) is 0.571. The van der Waals surface area contributed by atoms with Crippen molar-refractivity contribution in [1.29, 1.82) is 0 Å². The molecule has 0 radical (unpaired) electrons. The number of rotatable bonds is 6. The third kappa shape index (κ3) is 7.15. The SMILES string of the molecule is CO[C@H]1COC(c2[nH]nc(C)c2NC(=O)c2nc(Br)sc2NC(=O)O)CCC1NC(=O)OC(C)(C)C. The van der Waals surface area contributed by atoms with Crippen LogP contribution in [0.1, 0.15) is 61.6 Å². The van der Waals surface area contributed by atoms with Crippen LogP contribution in [0.5, 0.6) is 0 Å². The summed E-state index contributed by atoms with van der Waals surface area (Å²) in [5, 5.41) is 24.1. The summed E-state index contributed by atoms with van der Waals surface area (Å²) < 4.78 is 17.3. The number of alkyl carbamates (subject to hydrolysis) is 1. The highest BCUT2D eigenvalue weighted by Gasteiger charge is 2.33. The van der Waals surface area contributed by atoms with Crippen LogP contribution in [-0.2, 0) is 14.2 Å². The van der Waals surface area contributed by atoms with Gasteiger partial charge in [-0.1, -0.05) is 11.3 Å². The molecule has 2 aromatic heterocycles. The summed E-state index contributed by atoms with van der Waals surface area (Å²) >= 11 is 4.16. The van der Waals surface area contributed by atoms with E-state index < -0.39 is 35.9 Å². The minimum atomic E-state index is -1.31. The molecule has 1 saturated heterocycles. The number of halogens is 1. The van der Waals surface area contributed by atoms with Gasteiger partial charge in [0.05, 0.1) is 29.7 Å². The molecule has 15 heteroatoms. The van der Waals surface area contributed by atoms with E-state index in [-0.39, 0.29) is 23.3 Å². The number of aromatic amines is 1. The van der Waals surface area contributed by atoms with Crippen molar-refractivity contribution in [1.82, 2.24) is 20.5 Å². The van der Waals surface area contributed by atoms with Crippen LogP contribution in [0.4, 0.5) is 20.3 Å². The van der Waals surface area contributed by atoms with Crippen molar-refractivity contribution in [3.8, 4) is 0 Å². The maximum atomic E-state index is 13.0. The predicted molar refractivity (Wildman–Crippen MR) is 135 cm³/mol. The topological polar surface area (TPSA) is 177 Å². The van der Waals surface area contributed by atoms with Crippen LogP contribution in [0.3, 0.4) is 0 Å². The molecule has 1 fully saturated rings. The van der Waals surface area contributed by atoms with Gasteiger partial charge in [0.2, 0.25) is 0 Å². The molecule has 0 aliphatic carbocycles. The first-order valence-electron chi connectivity index (χ1n) is 11.0. The number of aromatic nitrogens is 3. The van der Waals surface area contributed by atoms with E-state index >= 15 is 0 Å². The van der Waals surface area contributed by atoms with E-state index in [1.807, 2.05) is 0 Å². The predicted octanol–water partition coefficient (Wildman–Crippen LogP) is 4.04. The summed E-state index contributed by atoms with van der Waals surface area (Å²) in [5.41, 5.74) is 0.742. The number of nitrogens with zero attached hydrogens (tertiary/aromatic N) is 2. The zero-order valence-corrected chi connectivity index (χ0v) is 22.8. The monoisotopic (exact) mass is 588 g/mol. The van der Waals surface area contributed by atoms with Crippen LogP contribution in [0.15, 0.2) is 3.92 Å². The first-order valence-corrected chi connectivity index (χ1v) is 12.6. The number of carboxylic acid groups (broad SMARTS) is 1. The Kier molecular flexibility index (Phi) is 8.92. The quantitative estimate of drug-likeness (QED) is 0.333. The third-order valence-corrected chi connectivity index (χ3v) is 6.65. The Morgan fingerprint density at radius 3 is 2.61 bits per heavy atom. The largest absolute Gasteiger partial charge is 0.465 e. The number of amides is 3. The molecule has 3 heterocycles. The average molecular weight is 589 g/mol. The molecule has 2 aromatic rings. The van der Waals surface area contributed by atoms with E-state index in [2.05, 4.69) is 47.1 Å². The number of hydrogen-bond acceptors (Lipinski definition) is 9. The smallest absolute Gasteiger partial charge is 0.409 e. The molecule has 0 saturated carbocycles. The Labute approximate surface area is 219 Å². The van der Waals surface area contributed by atoms with Gasteiger partial charge in [0.1, 0.15) is 22.8 Å². The maximum absolute atomic E-state index is 13.0. The molecule has 5 N–H and O–H groups in total. The van der Waals surface area contributed by atoms with Crippen LogP contribution < -0.4 is 16.0 Å². The van der Waals surface area contributed by atoms with E-state index in [4.69, 9.17) is 19.3 Å². The Bertz CT molecular complexity index is 1110. The Balaban J connectivity index is 1.76. The number of nitrogens with one attached hydrogen (secondary N) is 4. The van der Waals surface area contributed by atoms with Crippen molar-refractivity contribution < 1.29 is 33.7 Å². The summed E-state index contributed by atoms with van der Waals surface area (Å²) in [5.74, 6) is -0.612. The van der Waals surface area contributed by atoms with Crippen LogP contribution in [-0.4, -0.2) is 69.8 Å². The second kappa shape index (κ2) is 11.5. The fourth-order valence-corrected chi connectivity index (χ4v) is 5.00. The van der Waals surface area contributed by atoms with Crippen molar-refractivity contribution in [2.75, 3.05) is 24.4 Å². The number of methoxy groups -OCH3 is 1. The zero-order valence-electron chi connectivity index (χ0n) is 20.4. The van der Waals surface area contributed by atoms with Crippen molar-refractivity contribution in [2.45, 2.75) is 64.4 Å². The summed E-state index contributed by atoms with van der Waals surface area (Å²) in [6.07, 6.45) is -1.75.